The third kappa shape index (κ3) is 5.36. The Labute approximate surface area is 239 Å². The van der Waals surface area contributed by atoms with E-state index in [0.717, 1.165) is 0 Å². The van der Waals surface area contributed by atoms with Gasteiger partial charge in [0.15, 0.2) is 0 Å². The largest absolute Gasteiger partial charge is 0.481 e. The van der Waals surface area contributed by atoms with Gasteiger partial charge in [-0.3, -0.25) is 19.2 Å². The third-order valence-electron chi connectivity index (χ3n) is 10.4. The molecule has 4 aliphatic carbocycles. The number of rotatable bonds is 11. The van der Waals surface area contributed by atoms with Crippen LogP contribution in [0.15, 0.2) is 0 Å². The van der Waals surface area contributed by atoms with Crippen molar-refractivity contribution in [3.63, 3.8) is 0 Å². The molecule has 1 heterocycles. The minimum atomic E-state index is -1.73. The quantitative estimate of drug-likeness (QED) is 0.172. The number of carboxylic acids is 1. The van der Waals surface area contributed by atoms with Crippen LogP contribution in [0.3, 0.4) is 0 Å². The van der Waals surface area contributed by atoms with Crippen LogP contribution in [0.25, 0.3) is 0 Å². The van der Waals surface area contributed by atoms with Crippen molar-refractivity contribution in [1.29, 1.82) is 0 Å². The second kappa shape index (κ2) is 10.2. The van der Waals surface area contributed by atoms with Gasteiger partial charge in [-0.05, 0) is 52.9 Å². The van der Waals surface area contributed by atoms with Gasteiger partial charge in [0.25, 0.3) is 0 Å². The maximum absolute atomic E-state index is 14.0. The lowest BCUT2D eigenvalue weighted by molar-refractivity contribution is -0.332. The number of esters is 3. The average molecular weight is 585 g/mol. The number of aliphatic hydroxyl groups is 4. The number of aliphatic hydroxyl groups excluding tert-OH is 2. The molecule has 0 radical (unpaired) electrons. The maximum atomic E-state index is 14.0. The van der Waals surface area contributed by atoms with Crippen molar-refractivity contribution < 1.29 is 58.9 Å². The highest BCUT2D eigenvalue weighted by atomic mass is 16.6. The van der Waals surface area contributed by atoms with Gasteiger partial charge < -0.3 is 39.7 Å². The maximum Gasteiger partial charge on any atom is 0.312 e. The fourth-order valence-electron chi connectivity index (χ4n) is 7.93. The fourth-order valence-corrected chi connectivity index (χ4v) is 7.93. The van der Waals surface area contributed by atoms with Crippen LogP contribution in [0.1, 0.15) is 92.4 Å². The molecule has 12 heteroatoms. The molecule has 0 aromatic rings. The van der Waals surface area contributed by atoms with Gasteiger partial charge in [0.05, 0.1) is 46.1 Å². The summed E-state index contributed by atoms with van der Waals surface area (Å²) in [7, 11) is 0. The Balaban J connectivity index is 1.62. The van der Waals surface area contributed by atoms with E-state index in [4.69, 9.17) is 14.2 Å². The Hall–Kier alpha value is -2.28. The summed E-state index contributed by atoms with van der Waals surface area (Å²) in [5.41, 5.74) is -8.94. The summed E-state index contributed by atoms with van der Waals surface area (Å²) < 4.78 is 16.6. The highest BCUT2D eigenvalue weighted by Crippen LogP contribution is 2.61. The van der Waals surface area contributed by atoms with E-state index in [1.165, 1.54) is 6.92 Å². The minimum Gasteiger partial charge on any atom is -0.481 e. The Kier molecular flexibility index (Phi) is 7.85. The predicted molar refractivity (Wildman–Crippen MR) is 140 cm³/mol. The number of cyclic esters (lactones) is 1. The molecule has 0 spiro atoms. The molecule has 5 N–H and O–H groups in total. The van der Waals surface area contributed by atoms with E-state index < -0.39 is 81.2 Å². The molecule has 0 aromatic carbocycles. The Morgan fingerprint density at radius 1 is 0.902 bits per heavy atom. The van der Waals surface area contributed by atoms with Gasteiger partial charge in [-0.1, -0.05) is 13.8 Å². The monoisotopic (exact) mass is 584 g/mol. The van der Waals surface area contributed by atoms with Crippen molar-refractivity contribution in [1.82, 2.24) is 0 Å². The molecular formula is C29H44O12. The highest BCUT2D eigenvalue weighted by molar-refractivity contribution is 5.83. The SMILES string of the molecule is CCC(C)(CC(C)(CC(C)(CC)C(=O)OC12CC3C(O)C(O)(C1)CC(O)(C2)C3O)C(=O)OC1COC(=O)C1)C(=O)O. The zero-order chi connectivity index (χ0) is 30.8. The second-order valence-electron chi connectivity index (χ2n) is 14.0. The number of hydrogen-bond acceptors (Lipinski definition) is 11. The van der Waals surface area contributed by atoms with Crippen molar-refractivity contribution in [2.24, 2.45) is 22.2 Å². The summed E-state index contributed by atoms with van der Waals surface area (Å²) in [6.07, 6.45) is -3.81. The highest BCUT2D eigenvalue weighted by Gasteiger charge is 2.72. The first-order chi connectivity index (χ1) is 18.8. The number of carboxylic acid groups (broad SMARTS) is 1. The van der Waals surface area contributed by atoms with Crippen molar-refractivity contribution in [3.8, 4) is 0 Å². The minimum absolute atomic E-state index is 0.0490. The number of ether oxygens (including phenoxy) is 3. The molecule has 5 aliphatic rings. The number of carbonyl (C=O) groups is 4. The molecule has 8 atom stereocenters. The fraction of sp³-hybridized carbons (Fsp3) is 0.862. The summed E-state index contributed by atoms with van der Waals surface area (Å²) >= 11 is 0. The average Bonchev–Trinajstić information content (AvgIpc) is 3.28. The molecule has 0 amide bonds. The van der Waals surface area contributed by atoms with Crippen molar-refractivity contribution in [2.45, 2.75) is 128 Å². The molecule has 1 aliphatic heterocycles. The van der Waals surface area contributed by atoms with Crippen molar-refractivity contribution in [2.75, 3.05) is 6.61 Å². The van der Waals surface area contributed by atoms with Crippen LogP contribution in [0.2, 0.25) is 0 Å². The van der Waals surface area contributed by atoms with E-state index in [2.05, 4.69) is 0 Å². The Morgan fingerprint density at radius 3 is 1.90 bits per heavy atom. The lowest BCUT2D eigenvalue weighted by Gasteiger charge is -2.66. The summed E-state index contributed by atoms with van der Waals surface area (Å²) in [6.45, 7) is 8.01. The molecule has 5 rings (SSSR count). The normalized spacial score (nSPS) is 40.2. The van der Waals surface area contributed by atoms with Gasteiger partial charge in [0.1, 0.15) is 18.3 Å². The smallest absolute Gasteiger partial charge is 0.312 e. The first kappa shape index (κ1) is 31.7. The van der Waals surface area contributed by atoms with Gasteiger partial charge in [0.2, 0.25) is 0 Å². The molecule has 4 bridgehead atoms. The molecule has 8 unspecified atom stereocenters. The van der Waals surface area contributed by atoms with Crippen LogP contribution in [-0.2, 0) is 33.4 Å². The van der Waals surface area contributed by atoms with Gasteiger partial charge in [-0.2, -0.15) is 0 Å². The van der Waals surface area contributed by atoms with Gasteiger partial charge >= 0.3 is 23.9 Å². The Bertz CT molecular complexity index is 1080. The van der Waals surface area contributed by atoms with Crippen LogP contribution >= 0.6 is 0 Å². The van der Waals surface area contributed by atoms with Crippen LogP contribution in [0.4, 0.5) is 0 Å². The first-order valence-corrected chi connectivity index (χ1v) is 14.4. The zero-order valence-electron chi connectivity index (χ0n) is 24.5. The standard InChI is InChI=1S/C29H44O12/c1-6-24(3,21(33)34)11-26(5,22(35)40-16-8-18(30)39-10-16)12-25(4,7-2)23(36)41-27-9-17-19(31)28(37,13-27)15-29(38,14-27)20(17)32/h16-17,19-20,31-32,37-38H,6-15H2,1-5H3,(H,33,34). The first-order valence-electron chi connectivity index (χ1n) is 14.4. The van der Waals surface area contributed by atoms with E-state index >= 15 is 0 Å². The van der Waals surface area contributed by atoms with Gasteiger partial charge in [-0.15, -0.1) is 0 Å². The van der Waals surface area contributed by atoms with Crippen LogP contribution in [0, 0.1) is 22.2 Å². The van der Waals surface area contributed by atoms with E-state index in [0.29, 0.717) is 0 Å². The summed E-state index contributed by atoms with van der Waals surface area (Å²) in [4.78, 5) is 51.5. The molecular weight excluding hydrogens is 540 g/mol. The third-order valence-corrected chi connectivity index (χ3v) is 10.4. The molecule has 232 valence electrons. The van der Waals surface area contributed by atoms with Crippen molar-refractivity contribution >= 4 is 23.9 Å². The summed E-state index contributed by atoms with van der Waals surface area (Å²) in [5.74, 6) is -3.96. The zero-order valence-corrected chi connectivity index (χ0v) is 24.5. The van der Waals surface area contributed by atoms with Crippen LogP contribution in [0.5, 0.6) is 0 Å². The number of hydrogen-bond donors (Lipinski definition) is 5. The summed E-state index contributed by atoms with van der Waals surface area (Å²) in [5, 5.41) is 53.6. The Morgan fingerprint density at radius 2 is 1.44 bits per heavy atom. The summed E-state index contributed by atoms with van der Waals surface area (Å²) in [6, 6.07) is 0. The number of aliphatic carboxylic acids is 1. The van der Waals surface area contributed by atoms with Crippen LogP contribution in [-0.4, -0.2) is 91.1 Å². The second-order valence-corrected chi connectivity index (χ2v) is 14.0. The van der Waals surface area contributed by atoms with E-state index in [1.807, 2.05) is 0 Å². The molecule has 4 saturated carbocycles. The lowest BCUT2D eigenvalue weighted by Crippen LogP contribution is -2.78. The topological polar surface area (TPSA) is 197 Å². The van der Waals surface area contributed by atoms with Crippen molar-refractivity contribution in [3.05, 3.63) is 0 Å². The van der Waals surface area contributed by atoms with E-state index in [-0.39, 0.29) is 64.4 Å². The van der Waals surface area contributed by atoms with Crippen LogP contribution < -0.4 is 0 Å². The van der Waals surface area contributed by atoms with E-state index in [1.54, 1.807) is 27.7 Å². The number of carbonyl (C=O) groups excluding carboxylic acids is 3. The predicted octanol–water partition coefficient (Wildman–Crippen LogP) is 1.23. The van der Waals surface area contributed by atoms with Gasteiger partial charge in [-0.25, -0.2) is 0 Å². The lowest BCUT2D eigenvalue weighted by atomic mass is 9.48. The molecule has 5 fully saturated rings. The molecule has 12 nitrogen and oxygen atoms in total. The molecule has 41 heavy (non-hydrogen) atoms. The molecule has 1 saturated heterocycles. The molecule has 0 aromatic heterocycles. The van der Waals surface area contributed by atoms with Gasteiger partial charge in [0, 0.05) is 25.2 Å². The van der Waals surface area contributed by atoms with E-state index in [9.17, 15) is 44.7 Å².